The van der Waals surface area contributed by atoms with Crippen molar-refractivity contribution in [2.45, 2.75) is 26.0 Å². The van der Waals surface area contributed by atoms with E-state index in [0.717, 1.165) is 13.0 Å². The van der Waals surface area contributed by atoms with E-state index in [1.165, 1.54) is 6.07 Å². The summed E-state index contributed by atoms with van der Waals surface area (Å²) >= 11 is 0. The molecule has 0 saturated carbocycles. The van der Waals surface area contributed by atoms with Gasteiger partial charge in [-0.25, -0.2) is 0 Å². The van der Waals surface area contributed by atoms with Gasteiger partial charge in [-0.05, 0) is 26.0 Å². The Labute approximate surface area is 112 Å². The molecular weight excluding hydrogens is 250 g/mol. The maximum Gasteiger partial charge on any atom is 0.387 e. The average Bonchev–Trinajstić information content (AvgIpc) is 2.39. The van der Waals surface area contributed by atoms with Crippen molar-refractivity contribution in [3.63, 3.8) is 0 Å². The van der Waals surface area contributed by atoms with Crippen molar-refractivity contribution in [1.29, 1.82) is 0 Å². The zero-order valence-electron chi connectivity index (χ0n) is 11.0. The Bertz CT molecular complexity index is 397. The fourth-order valence-corrected chi connectivity index (χ4v) is 1.80. The highest BCUT2D eigenvalue weighted by atomic mass is 19.3. The molecule has 19 heavy (non-hydrogen) atoms. The number of allylic oxidation sites excluding steroid dienone is 1. The Kier molecular flexibility index (Phi) is 7.07. The van der Waals surface area contributed by atoms with Crippen LogP contribution in [0.2, 0.25) is 0 Å². The first-order valence-electron chi connectivity index (χ1n) is 6.27. The maximum absolute atomic E-state index is 12.3. The molecule has 0 aromatic heterocycles. The molecule has 3 N–H and O–H groups in total. The summed E-state index contributed by atoms with van der Waals surface area (Å²) in [6, 6.07) is 6.52. The molecule has 1 aromatic rings. The Morgan fingerprint density at radius 3 is 2.74 bits per heavy atom. The van der Waals surface area contributed by atoms with Crippen LogP contribution in [-0.4, -0.2) is 19.7 Å². The summed E-state index contributed by atoms with van der Waals surface area (Å²) in [5.74, 6) is 0.173. The first-order chi connectivity index (χ1) is 9.19. The molecule has 0 aliphatic rings. The van der Waals surface area contributed by atoms with E-state index in [0.29, 0.717) is 12.1 Å². The third-order valence-electron chi connectivity index (χ3n) is 2.68. The first kappa shape index (κ1) is 15.6. The number of halogens is 2. The zero-order chi connectivity index (χ0) is 14.1. The van der Waals surface area contributed by atoms with Gasteiger partial charge in [0.2, 0.25) is 0 Å². The van der Waals surface area contributed by atoms with E-state index >= 15 is 0 Å². The second-order valence-electron chi connectivity index (χ2n) is 4.02. The van der Waals surface area contributed by atoms with E-state index in [1.54, 1.807) is 18.2 Å². The molecule has 106 valence electrons. The molecule has 0 saturated heterocycles. The van der Waals surface area contributed by atoms with Gasteiger partial charge < -0.3 is 15.8 Å². The summed E-state index contributed by atoms with van der Waals surface area (Å²) in [6.45, 7) is 0.170. The summed E-state index contributed by atoms with van der Waals surface area (Å²) in [4.78, 5) is 0. The molecule has 1 aromatic carbocycles. The number of rotatable bonds is 8. The molecule has 0 heterocycles. The lowest BCUT2D eigenvalue weighted by Gasteiger charge is -2.20. The molecule has 0 spiro atoms. The summed E-state index contributed by atoms with van der Waals surface area (Å²) < 4.78 is 29.2. The van der Waals surface area contributed by atoms with Gasteiger partial charge in [-0.3, -0.25) is 0 Å². The Morgan fingerprint density at radius 2 is 2.11 bits per heavy atom. The molecule has 0 radical (unpaired) electrons. The molecule has 0 amide bonds. The molecule has 0 aliphatic carbocycles. The largest absolute Gasteiger partial charge is 0.434 e. The maximum atomic E-state index is 12.3. The summed E-state index contributed by atoms with van der Waals surface area (Å²) in [5.41, 5.74) is 6.35. The lowest BCUT2D eigenvalue weighted by atomic mass is 10.1. The lowest BCUT2D eigenvalue weighted by Crippen LogP contribution is -2.29. The second-order valence-corrected chi connectivity index (χ2v) is 4.02. The van der Waals surface area contributed by atoms with E-state index in [1.807, 2.05) is 19.1 Å². The number of ether oxygens (including phenoxy) is 1. The van der Waals surface area contributed by atoms with Crippen molar-refractivity contribution in [1.82, 2.24) is 5.32 Å². The van der Waals surface area contributed by atoms with Crippen molar-refractivity contribution >= 4 is 0 Å². The van der Waals surface area contributed by atoms with Crippen molar-refractivity contribution in [2.75, 3.05) is 13.1 Å². The highest BCUT2D eigenvalue weighted by molar-refractivity contribution is 5.36. The van der Waals surface area contributed by atoms with Crippen LogP contribution >= 0.6 is 0 Å². The molecular formula is C14H20F2N2O. The molecule has 1 unspecified atom stereocenters. The van der Waals surface area contributed by atoms with Crippen LogP contribution in [0.25, 0.3) is 0 Å². The molecule has 0 fully saturated rings. The number of nitrogens with one attached hydrogen (secondary N) is 1. The van der Waals surface area contributed by atoms with Gasteiger partial charge >= 0.3 is 6.61 Å². The molecule has 5 heteroatoms. The van der Waals surface area contributed by atoms with Gasteiger partial charge in [0.15, 0.2) is 0 Å². The Balaban J connectivity index is 2.73. The van der Waals surface area contributed by atoms with Crippen molar-refractivity contribution in [2.24, 2.45) is 5.73 Å². The van der Waals surface area contributed by atoms with Crippen LogP contribution in [0.5, 0.6) is 5.75 Å². The molecule has 3 nitrogen and oxygen atoms in total. The molecule has 1 atom stereocenters. The first-order valence-corrected chi connectivity index (χ1v) is 6.27. The summed E-state index contributed by atoms with van der Waals surface area (Å²) in [5, 5.41) is 3.23. The van der Waals surface area contributed by atoms with Crippen LogP contribution in [0.1, 0.15) is 24.9 Å². The van der Waals surface area contributed by atoms with Gasteiger partial charge in [0.1, 0.15) is 5.75 Å². The Morgan fingerprint density at radius 1 is 1.37 bits per heavy atom. The lowest BCUT2D eigenvalue weighted by molar-refractivity contribution is -0.0507. The van der Waals surface area contributed by atoms with Crippen molar-refractivity contribution < 1.29 is 13.5 Å². The standard InChI is InChI=1S/C14H20F2N2O/c1-2-3-6-9-18-12(10-17)11-7-4-5-8-13(11)19-14(15)16/h2-5,7-8,12,14,18H,6,9-10,17H2,1H3/b3-2+. The molecule has 1 rings (SSSR count). The monoisotopic (exact) mass is 270 g/mol. The van der Waals surface area contributed by atoms with E-state index in [4.69, 9.17) is 5.73 Å². The third kappa shape index (κ3) is 5.36. The van der Waals surface area contributed by atoms with E-state index in [2.05, 4.69) is 10.1 Å². The summed E-state index contributed by atoms with van der Waals surface area (Å²) in [6.07, 6.45) is 4.86. The van der Waals surface area contributed by atoms with Gasteiger partial charge in [-0.15, -0.1) is 0 Å². The third-order valence-corrected chi connectivity index (χ3v) is 2.68. The van der Waals surface area contributed by atoms with Crippen LogP contribution in [0.3, 0.4) is 0 Å². The van der Waals surface area contributed by atoms with Crippen LogP contribution in [0.4, 0.5) is 8.78 Å². The predicted octanol–water partition coefficient (Wildman–Crippen LogP) is 2.84. The number of para-hydroxylation sites is 1. The van der Waals surface area contributed by atoms with Crippen LogP contribution < -0.4 is 15.8 Å². The molecule has 0 aliphatic heterocycles. The van der Waals surface area contributed by atoms with Gasteiger partial charge in [0, 0.05) is 18.2 Å². The quantitative estimate of drug-likeness (QED) is 0.564. The van der Waals surface area contributed by atoms with Crippen LogP contribution in [0, 0.1) is 0 Å². The van der Waals surface area contributed by atoms with Crippen LogP contribution in [0.15, 0.2) is 36.4 Å². The van der Waals surface area contributed by atoms with E-state index in [9.17, 15) is 8.78 Å². The minimum atomic E-state index is -2.83. The van der Waals surface area contributed by atoms with E-state index in [-0.39, 0.29) is 11.8 Å². The topological polar surface area (TPSA) is 47.3 Å². The highest BCUT2D eigenvalue weighted by Crippen LogP contribution is 2.25. The normalized spacial score (nSPS) is 13.1. The van der Waals surface area contributed by atoms with Crippen molar-refractivity contribution in [3.8, 4) is 5.75 Å². The van der Waals surface area contributed by atoms with Gasteiger partial charge in [-0.1, -0.05) is 30.4 Å². The Hall–Kier alpha value is -1.46. The fourth-order valence-electron chi connectivity index (χ4n) is 1.80. The van der Waals surface area contributed by atoms with Crippen molar-refractivity contribution in [3.05, 3.63) is 42.0 Å². The van der Waals surface area contributed by atoms with Crippen LogP contribution in [-0.2, 0) is 0 Å². The minimum absolute atomic E-state index is 0.173. The number of benzene rings is 1. The highest BCUT2D eigenvalue weighted by Gasteiger charge is 2.16. The predicted molar refractivity (Wildman–Crippen MR) is 72.3 cm³/mol. The van der Waals surface area contributed by atoms with Gasteiger partial charge in [0.25, 0.3) is 0 Å². The van der Waals surface area contributed by atoms with Gasteiger partial charge in [-0.2, -0.15) is 8.78 Å². The van der Waals surface area contributed by atoms with Gasteiger partial charge in [0.05, 0.1) is 0 Å². The number of hydrogen-bond acceptors (Lipinski definition) is 3. The fraction of sp³-hybridized carbons (Fsp3) is 0.429. The zero-order valence-corrected chi connectivity index (χ0v) is 11.0. The summed E-state index contributed by atoms with van der Waals surface area (Å²) in [7, 11) is 0. The van der Waals surface area contributed by atoms with E-state index < -0.39 is 6.61 Å². The SMILES string of the molecule is C/C=C/CCNC(CN)c1ccccc1OC(F)F. The number of hydrogen-bond donors (Lipinski definition) is 2. The average molecular weight is 270 g/mol. The molecule has 0 bridgehead atoms. The number of nitrogens with two attached hydrogens (primary N) is 1. The smallest absolute Gasteiger partial charge is 0.387 e. The minimum Gasteiger partial charge on any atom is -0.434 e. The number of alkyl halides is 2. The second kappa shape index (κ2) is 8.61.